The van der Waals surface area contributed by atoms with E-state index in [1.54, 1.807) is 11.8 Å². The van der Waals surface area contributed by atoms with Gasteiger partial charge in [-0.05, 0) is 44.1 Å². The van der Waals surface area contributed by atoms with Gasteiger partial charge in [-0.3, -0.25) is 0 Å². The number of hydrogen-bond acceptors (Lipinski definition) is 3. The molecule has 0 N–H and O–H groups in total. The van der Waals surface area contributed by atoms with E-state index in [2.05, 4.69) is 44.7 Å². The number of thiocarbonyl (C=S) groups is 1. The summed E-state index contributed by atoms with van der Waals surface area (Å²) in [4.78, 5) is 1.06. The maximum absolute atomic E-state index is 5.96. The highest BCUT2D eigenvalue weighted by Gasteiger charge is 2.08. The number of furan rings is 1. The van der Waals surface area contributed by atoms with Crippen molar-refractivity contribution in [3.63, 3.8) is 0 Å². The summed E-state index contributed by atoms with van der Waals surface area (Å²) in [7, 11) is 0. The molecule has 1 heterocycles. The lowest BCUT2D eigenvalue weighted by Crippen LogP contribution is -1.89. The standard InChI is InChI=1S/C20H22OS2/c1-5-6-20(22)23-19(14(2)3)13-17-11-12-18(21-17)16-9-7-15(4)8-10-16/h7-13H,2,5-6H2,1,3-4H3/b19-13-. The molecule has 23 heavy (non-hydrogen) atoms. The number of allylic oxidation sites excluding steroid dienone is 1. The number of thioether (sulfide) groups is 1. The molecule has 1 aromatic carbocycles. The zero-order valence-corrected chi connectivity index (χ0v) is 15.5. The van der Waals surface area contributed by atoms with Crippen LogP contribution in [-0.4, -0.2) is 4.20 Å². The Morgan fingerprint density at radius 3 is 2.52 bits per heavy atom. The minimum atomic E-state index is 0.824. The van der Waals surface area contributed by atoms with E-state index in [1.165, 1.54) is 5.56 Å². The second-order valence-corrected chi connectivity index (χ2v) is 7.47. The number of benzene rings is 1. The van der Waals surface area contributed by atoms with E-state index in [1.807, 2.05) is 25.1 Å². The van der Waals surface area contributed by atoms with Crippen molar-refractivity contribution >= 4 is 34.3 Å². The molecule has 3 heteroatoms. The number of hydrogen-bond donors (Lipinski definition) is 0. The molecule has 1 nitrogen and oxygen atoms in total. The van der Waals surface area contributed by atoms with Crippen LogP contribution in [-0.2, 0) is 0 Å². The lowest BCUT2D eigenvalue weighted by atomic mass is 10.1. The molecule has 0 radical (unpaired) electrons. The molecular weight excluding hydrogens is 320 g/mol. The molecule has 0 amide bonds. The number of rotatable bonds is 6. The van der Waals surface area contributed by atoms with Crippen LogP contribution >= 0.6 is 24.0 Å². The van der Waals surface area contributed by atoms with Crippen LogP contribution in [0.15, 0.2) is 57.9 Å². The molecular formula is C20H22OS2. The zero-order valence-electron chi connectivity index (χ0n) is 13.9. The molecule has 0 saturated carbocycles. The second kappa shape index (κ2) is 8.32. The van der Waals surface area contributed by atoms with Crippen LogP contribution in [0.1, 0.15) is 38.0 Å². The minimum Gasteiger partial charge on any atom is -0.457 e. The molecule has 2 rings (SSSR count). The summed E-state index contributed by atoms with van der Waals surface area (Å²) in [5.74, 6) is 1.70. The first-order valence-electron chi connectivity index (χ1n) is 7.74. The summed E-state index contributed by atoms with van der Waals surface area (Å²) in [6.07, 6.45) is 4.03. The van der Waals surface area contributed by atoms with Crippen molar-refractivity contribution in [2.75, 3.05) is 0 Å². The normalized spacial score (nSPS) is 11.5. The van der Waals surface area contributed by atoms with Gasteiger partial charge in [-0.15, -0.1) is 0 Å². The Bertz CT molecular complexity index is 720. The molecule has 0 aliphatic rings. The smallest absolute Gasteiger partial charge is 0.134 e. The highest BCUT2D eigenvalue weighted by Crippen LogP contribution is 2.30. The fraction of sp³-hybridized carbons (Fsp3) is 0.250. The maximum atomic E-state index is 5.96. The van der Waals surface area contributed by atoms with E-state index in [4.69, 9.17) is 16.6 Å². The summed E-state index contributed by atoms with van der Waals surface area (Å²) >= 11 is 7.02. The zero-order chi connectivity index (χ0) is 16.8. The monoisotopic (exact) mass is 342 g/mol. The van der Waals surface area contributed by atoms with Crippen LogP contribution in [0.5, 0.6) is 0 Å². The fourth-order valence-electron chi connectivity index (χ4n) is 2.05. The Hall–Kier alpha value is -1.58. The average molecular weight is 343 g/mol. The highest BCUT2D eigenvalue weighted by atomic mass is 32.2. The van der Waals surface area contributed by atoms with Crippen molar-refractivity contribution in [3.8, 4) is 11.3 Å². The lowest BCUT2D eigenvalue weighted by molar-refractivity contribution is 0.571. The largest absolute Gasteiger partial charge is 0.457 e. The first-order valence-corrected chi connectivity index (χ1v) is 8.97. The molecule has 0 atom stereocenters. The number of aryl methyl sites for hydroxylation is 1. The first-order chi connectivity index (χ1) is 11.0. The van der Waals surface area contributed by atoms with Crippen molar-refractivity contribution in [2.45, 2.75) is 33.6 Å². The van der Waals surface area contributed by atoms with Gasteiger partial charge in [-0.2, -0.15) is 0 Å². The van der Waals surface area contributed by atoms with Gasteiger partial charge >= 0.3 is 0 Å². The average Bonchev–Trinajstić information content (AvgIpc) is 2.96. The third kappa shape index (κ3) is 5.22. The van der Waals surface area contributed by atoms with Gasteiger partial charge in [-0.1, -0.05) is 73.7 Å². The summed E-state index contributed by atoms with van der Waals surface area (Å²) in [6, 6.07) is 12.3. The summed E-state index contributed by atoms with van der Waals surface area (Å²) in [6.45, 7) is 10.3. The Kier molecular flexibility index (Phi) is 6.43. The molecule has 0 aliphatic carbocycles. The van der Waals surface area contributed by atoms with Crippen LogP contribution in [0.4, 0.5) is 0 Å². The van der Waals surface area contributed by atoms with E-state index in [0.29, 0.717) is 0 Å². The highest BCUT2D eigenvalue weighted by molar-refractivity contribution is 8.25. The fourth-order valence-corrected chi connectivity index (χ4v) is 3.42. The lowest BCUT2D eigenvalue weighted by Gasteiger charge is -2.06. The summed E-state index contributed by atoms with van der Waals surface area (Å²) in [5, 5.41) is 0. The van der Waals surface area contributed by atoms with Crippen LogP contribution in [0.3, 0.4) is 0 Å². The molecule has 0 unspecified atom stereocenters. The maximum Gasteiger partial charge on any atom is 0.134 e. The molecule has 0 bridgehead atoms. The third-order valence-corrected chi connectivity index (χ3v) is 4.91. The van der Waals surface area contributed by atoms with Gasteiger partial charge in [0.05, 0.1) is 4.20 Å². The van der Waals surface area contributed by atoms with Crippen molar-refractivity contribution < 1.29 is 4.42 Å². The van der Waals surface area contributed by atoms with Gasteiger partial charge in [0.2, 0.25) is 0 Å². The van der Waals surface area contributed by atoms with Crippen molar-refractivity contribution in [2.24, 2.45) is 0 Å². The predicted molar refractivity (Wildman–Crippen MR) is 107 cm³/mol. The quantitative estimate of drug-likeness (QED) is 0.413. The predicted octanol–water partition coefficient (Wildman–Crippen LogP) is 7.03. The molecule has 1 aromatic heterocycles. The molecule has 0 saturated heterocycles. The Balaban J connectivity index is 2.21. The first kappa shape index (κ1) is 17.8. The summed E-state index contributed by atoms with van der Waals surface area (Å²) < 4.78 is 6.95. The van der Waals surface area contributed by atoms with Gasteiger partial charge < -0.3 is 4.42 Å². The molecule has 0 spiro atoms. The second-order valence-electron chi connectivity index (χ2n) is 5.58. The molecule has 120 valence electrons. The Labute approximate surface area is 148 Å². The van der Waals surface area contributed by atoms with Gasteiger partial charge in [0.1, 0.15) is 11.5 Å². The van der Waals surface area contributed by atoms with Crippen LogP contribution < -0.4 is 0 Å². The van der Waals surface area contributed by atoms with Gasteiger partial charge in [-0.25, -0.2) is 0 Å². The Morgan fingerprint density at radius 2 is 1.91 bits per heavy atom. The SMILES string of the molecule is C=C(C)/C(=C/c1ccc(-c2ccc(C)cc2)o1)SC(=S)CCC. The molecule has 0 fully saturated rings. The van der Waals surface area contributed by atoms with Gasteiger partial charge in [0.15, 0.2) is 0 Å². The minimum absolute atomic E-state index is 0.824. The van der Waals surface area contributed by atoms with E-state index in [9.17, 15) is 0 Å². The molecule has 2 aromatic rings. The van der Waals surface area contributed by atoms with Gasteiger partial charge in [0, 0.05) is 10.5 Å². The summed E-state index contributed by atoms with van der Waals surface area (Å²) in [5.41, 5.74) is 3.33. The van der Waals surface area contributed by atoms with Crippen molar-refractivity contribution in [1.82, 2.24) is 0 Å². The third-order valence-electron chi connectivity index (χ3n) is 3.33. The van der Waals surface area contributed by atoms with Crippen LogP contribution in [0, 0.1) is 6.92 Å². The van der Waals surface area contributed by atoms with Crippen molar-refractivity contribution in [1.29, 1.82) is 0 Å². The van der Waals surface area contributed by atoms with Crippen molar-refractivity contribution in [3.05, 3.63) is 64.8 Å². The van der Waals surface area contributed by atoms with E-state index in [-0.39, 0.29) is 0 Å². The van der Waals surface area contributed by atoms with Crippen LogP contribution in [0.25, 0.3) is 17.4 Å². The molecule has 0 aliphatic heterocycles. The van der Waals surface area contributed by atoms with E-state index >= 15 is 0 Å². The van der Waals surface area contributed by atoms with Crippen LogP contribution in [0.2, 0.25) is 0 Å². The topological polar surface area (TPSA) is 13.1 Å². The van der Waals surface area contributed by atoms with E-state index < -0.39 is 0 Å². The Morgan fingerprint density at radius 1 is 1.22 bits per heavy atom. The van der Waals surface area contributed by atoms with Gasteiger partial charge in [0.25, 0.3) is 0 Å². The van der Waals surface area contributed by atoms with E-state index in [0.717, 1.165) is 44.6 Å².